The number of hydrogen-bond acceptors (Lipinski definition) is 2. The number of halogens is 1. The zero-order chi connectivity index (χ0) is 10.8. The number of thiocarbonyl (C=S) groups is 1. The van der Waals surface area contributed by atoms with Gasteiger partial charge in [0.2, 0.25) is 0 Å². The highest BCUT2D eigenvalue weighted by molar-refractivity contribution is 7.80. The third-order valence-corrected chi connectivity index (χ3v) is 2.60. The van der Waals surface area contributed by atoms with Gasteiger partial charge in [-0.2, -0.15) is 0 Å². The first-order valence-electron chi connectivity index (χ1n) is 4.84. The number of methoxy groups -OCH3 is 1. The molecule has 0 saturated heterocycles. The van der Waals surface area contributed by atoms with E-state index in [1.165, 1.54) is 6.42 Å². The summed E-state index contributed by atoms with van der Waals surface area (Å²) in [7, 11) is 1.73. The average molecular weight is 239 g/mol. The van der Waals surface area contributed by atoms with Crippen molar-refractivity contribution in [3.05, 3.63) is 0 Å². The predicted octanol–water partition coefficient (Wildman–Crippen LogP) is 2.06. The van der Waals surface area contributed by atoms with Crippen LogP contribution in [0.4, 0.5) is 0 Å². The molecule has 2 N–H and O–H groups in total. The Labute approximate surface area is 96.6 Å². The van der Waals surface area contributed by atoms with Crippen molar-refractivity contribution in [1.82, 2.24) is 10.2 Å². The monoisotopic (exact) mass is 238 g/mol. The van der Waals surface area contributed by atoms with Crippen LogP contribution in [0.15, 0.2) is 0 Å². The first-order chi connectivity index (χ1) is 6.70. The number of nitrogens with one attached hydrogen (secondary N) is 2. The molecule has 0 aromatic heterocycles. The van der Waals surface area contributed by atoms with Crippen LogP contribution in [-0.4, -0.2) is 25.4 Å². The average Bonchev–Trinajstić information content (AvgIpc) is 2.18. The van der Waals surface area contributed by atoms with Crippen LogP contribution in [0.1, 0.15) is 26.2 Å². The summed E-state index contributed by atoms with van der Waals surface area (Å²) >= 11 is 10.1. The zero-order valence-electron chi connectivity index (χ0n) is 8.81. The molecule has 0 aliphatic rings. The van der Waals surface area contributed by atoms with Crippen LogP contribution in [0.25, 0.3) is 0 Å². The van der Waals surface area contributed by atoms with Gasteiger partial charge in [-0.1, -0.05) is 6.92 Å². The molecule has 84 valence electrons. The lowest BCUT2D eigenvalue weighted by Crippen LogP contribution is -2.30. The Morgan fingerprint density at radius 3 is 2.79 bits per heavy atom. The maximum atomic E-state index is 5.30. The first kappa shape index (κ1) is 13.9. The summed E-state index contributed by atoms with van der Waals surface area (Å²) in [6.45, 7) is 3.95. The summed E-state index contributed by atoms with van der Waals surface area (Å²) in [6, 6.07) is 0. The fraction of sp³-hybridized carbons (Fsp3) is 0.889. The fourth-order valence-corrected chi connectivity index (χ4v) is 1.35. The second-order valence-corrected chi connectivity index (χ2v) is 3.98. The van der Waals surface area contributed by atoms with Crippen molar-refractivity contribution < 1.29 is 4.74 Å². The van der Waals surface area contributed by atoms with Crippen molar-refractivity contribution in [2.75, 3.05) is 20.3 Å². The largest absolute Gasteiger partial charge is 0.385 e. The number of ether oxygens (including phenoxy) is 1. The van der Waals surface area contributed by atoms with Crippen LogP contribution in [0, 0.1) is 5.92 Å². The molecule has 5 heteroatoms. The van der Waals surface area contributed by atoms with Crippen LogP contribution in [0.5, 0.6) is 0 Å². The molecule has 0 aromatic carbocycles. The van der Waals surface area contributed by atoms with E-state index in [-0.39, 0.29) is 0 Å². The van der Waals surface area contributed by atoms with Crippen LogP contribution >= 0.6 is 24.0 Å². The Morgan fingerprint density at radius 1 is 1.50 bits per heavy atom. The van der Waals surface area contributed by atoms with Crippen molar-refractivity contribution >= 4 is 29.1 Å². The van der Waals surface area contributed by atoms with Gasteiger partial charge in [-0.05, 0) is 37.4 Å². The second-order valence-electron chi connectivity index (χ2n) is 3.38. The molecule has 14 heavy (non-hydrogen) atoms. The van der Waals surface area contributed by atoms with E-state index >= 15 is 0 Å². The standard InChI is InChI=1S/C9H19ClN2OS/c1-8(4-3-7-13-2)5-6-11-9(14)12-10/h8H,3-7H2,1-2H3,(H2,11,12,14)/t8-/m0/s1. The summed E-state index contributed by atoms with van der Waals surface area (Å²) < 4.78 is 4.99. The van der Waals surface area contributed by atoms with Crippen LogP contribution in [-0.2, 0) is 4.74 Å². The summed E-state index contributed by atoms with van der Waals surface area (Å²) in [6.07, 6.45) is 3.41. The molecule has 0 bridgehead atoms. The Balaban J connectivity index is 3.26. The van der Waals surface area contributed by atoms with Gasteiger partial charge in [0.1, 0.15) is 0 Å². The summed E-state index contributed by atoms with van der Waals surface area (Å²) in [5, 5.41) is 3.51. The second kappa shape index (κ2) is 9.49. The van der Waals surface area contributed by atoms with E-state index in [4.69, 9.17) is 28.7 Å². The van der Waals surface area contributed by atoms with Crippen LogP contribution in [0.3, 0.4) is 0 Å². The molecule has 0 fully saturated rings. The quantitative estimate of drug-likeness (QED) is 0.404. The molecule has 0 radical (unpaired) electrons. The van der Waals surface area contributed by atoms with E-state index in [0.717, 1.165) is 26.0 Å². The molecule has 0 amide bonds. The van der Waals surface area contributed by atoms with Gasteiger partial charge >= 0.3 is 0 Å². The highest BCUT2D eigenvalue weighted by Crippen LogP contribution is 2.08. The Bertz CT molecular complexity index is 158. The van der Waals surface area contributed by atoms with Crippen molar-refractivity contribution in [2.45, 2.75) is 26.2 Å². The Hall–Kier alpha value is -0.0600. The lowest BCUT2D eigenvalue weighted by Gasteiger charge is -2.11. The maximum Gasteiger partial charge on any atom is 0.181 e. The first-order valence-corrected chi connectivity index (χ1v) is 5.62. The normalized spacial score (nSPS) is 12.2. The molecule has 0 spiro atoms. The molecular weight excluding hydrogens is 220 g/mol. The molecule has 0 aliphatic carbocycles. The van der Waals surface area contributed by atoms with Crippen LogP contribution < -0.4 is 10.2 Å². The van der Waals surface area contributed by atoms with Crippen molar-refractivity contribution in [1.29, 1.82) is 0 Å². The van der Waals surface area contributed by atoms with Gasteiger partial charge in [0.15, 0.2) is 5.11 Å². The predicted molar refractivity (Wildman–Crippen MR) is 64.5 cm³/mol. The van der Waals surface area contributed by atoms with E-state index in [0.29, 0.717) is 11.0 Å². The third-order valence-electron chi connectivity index (χ3n) is 2.05. The summed E-state index contributed by atoms with van der Waals surface area (Å²) in [5.41, 5.74) is 0. The number of rotatable bonds is 7. The minimum absolute atomic E-state index is 0.496. The van der Waals surface area contributed by atoms with Gasteiger partial charge in [0.05, 0.1) is 0 Å². The third kappa shape index (κ3) is 8.53. The van der Waals surface area contributed by atoms with Crippen molar-refractivity contribution in [2.24, 2.45) is 5.92 Å². The highest BCUT2D eigenvalue weighted by Gasteiger charge is 2.01. The van der Waals surface area contributed by atoms with E-state index in [1.54, 1.807) is 7.11 Å². The SMILES string of the molecule is COCCC[C@H](C)CCNC(=S)NCl. The van der Waals surface area contributed by atoms with E-state index < -0.39 is 0 Å². The van der Waals surface area contributed by atoms with Gasteiger partial charge in [0.25, 0.3) is 0 Å². The lowest BCUT2D eigenvalue weighted by molar-refractivity contribution is 0.187. The Kier molecular flexibility index (Phi) is 9.45. The van der Waals surface area contributed by atoms with Gasteiger partial charge in [-0.3, -0.25) is 4.84 Å². The van der Waals surface area contributed by atoms with Crippen molar-refractivity contribution in [3.8, 4) is 0 Å². The van der Waals surface area contributed by atoms with Gasteiger partial charge in [-0.15, -0.1) is 0 Å². The van der Waals surface area contributed by atoms with Crippen LogP contribution in [0.2, 0.25) is 0 Å². The molecule has 0 aromatic rings. The topological polar surface area (TPSA) is 33.3 Å². The molecule has 1 atom stereocenters. The van der Waals surface area contributed by atoms with E-state index in [1.807, 2.05) is 0 Å². The van der Waals surface area contributed by atoms with E-state index in [9.17, 15) is 0 Å². The van der Waals surface area contributed by atoms with Gasteiger partial charge < -0.3 is 10.1 Å². The molecular formula is C9H19ClN2OS. The van der Waals surface area contributed by atoms with E-state index in [2.05, 4.69) is 17.1 Å². The van der Waals surface area contributed by atoms with Gasteiger partial charge in [-0.25, -0.2) is 0 Å². The fourth-order valence-electron chi connectivity index (χ4n) is 1.19. The zero-order valence-corrected chi connectivity index (χ0v) is 10.4. The Morgan fingerprint density at radius 2 is 2.21 bits per heavy atom. The number of hydrogen-bond donors (Lipinski definition) is 2. The molecule has 3 nitrogen and oxygen atoms in total. The summed E-state index contributed by atoms with van der Waals surface area (Å²) in [5.74, 6) is 0.691. The highest BCUT2D eigenvalue weighted by atomic mass is 35.5. The van der Waals surface area contributed by atoms with Crippen molar-refractivity contribution in [3.63, 3.8) is 0 Å². The molecule has 0 saturated carbocycles. The smallest absolute Gasteiger partial charge is 0.181 e. The molecule has 0 unspecified atom stereocenters. The minimum Gasteiger partial charge on any atom is -0.385 e. The lowest BCUT2D eigenvalue weighted by atomic mass is 10.0. The molecule has 0 heterocycles. The molecule has 0 aliphatic heterocycles. The minimum atomic E-state index is 0.496. The molecule has 0 rings (SSSR count). The maximum absolute atomic E-state index is 5.30. The van der Waals surface area contributed by atoms with Gasteiger partial charge in [0, 0.05) is 32.0 Å². The summed E-state index contributed by atoms with van der Waals surface area (Å²) in [4.78, 5) is 2.36.